The highest BCUT2D eigenvalue weighted by atomic mass is 32.2. The molecule has 3 N–H and O–H groups in total. The van der Waals surface area contributed by atoms with Gasteiger partial charge >= 0.3 is 0 Å². The molecule has 5 nitrogen and oxygen atoms in total. The molecule has 21 heavy (non-hydrogen) atoms. The number of hydrogen-bond donors (Lipinski definition) is 2. The lowest BCUT2D eigenvalue weighted by atomic mass is 10.2. The fourth-order valence-corrected chi connectivity index (χ4v) is 3.30. The quantitative estimate of drug-likeness (QED) is 0.604. The third-order valence-electron chi connectivity index (χ3n) is 2.84. The van der Waals surface area contributed by atoms with Crippen LogP contribution in [-0.2, 0) is 10.0 Å². The minimum Gasteiger partial charge on any atom is -0.492 e. The lowest BCUT2D eigenvalue weighted by Gasteiger charge is -2.08. The maximum Gasteiger partial charge on any atom is 0.240 e. The maximum atomic E-state index is 12.1. The number of benzene rings is 1. The van der Waals surface area contributed by atoms with Crippen LogP contribution in [-0.4, -0.2) is 40.1 Å². The van der Waals surface area contributed by atoms with Crippen LogP contribution in [0.4, 0.5) is 0 Å². The fourth-order valence-electron chi connectivity index (χ4n) is 1.73. The molecule has 0 aliphatic rings. The van der Waals surface area contributed by atoms with Gasteiger partial charge in [0.25, 0.3) is 0 Å². The summed E-state index contributed by atoms with van der Waals surface area (Å²) in [7, 11) is -3.43. The minimum absolute atomic E-state index is 0.256. The van der Waals surface area contributed by atoms with E-state index in [4.69, 9.17) is 10.5 Å². The average Bonchev–Trinajstić information content (AvgIpc) is 2.49. The summed E-state index contributed by atoms with van der Waals surface area (Å²) in [6, 6.07) is 6.37. The summed E-state index contributed by atoms with van der Waals surface area (Å²) >= 11 is 1.81. The molecule has 0 unspecified atom stereocenters. The Hall–Kier alpha value is -0.760. The first-order valence-corrected chi connectivity index (χ1v) is 9.89. The van der Waals surface area contributed by atoms with Crippen LogP contribution in [0.15, 0.2) is 29.2 Å². The van der Waals surface area contributed by atoms with Crippen molar-refractivity contribution in [3.05, 3.63) is 24.3 Å². The normalized spacial score (nSPS) is 11.5. The van der Waals surface area contributed by atoms with Crippen LogP contribution >= 0.6 is 11.8 Å². The number of thioether (sulfide) groups is 1. The standard InChI is InChI=1S/C14H24N2O3S2/c1-20-12-4-2-3-10-16-21(17,18)14-7-5-13(6-8-14)19-11-9-15/h5-8,16H,2-4,9-12,15H2,1H3. The molecule has 0 heterocycles. The van der Waals surface area contributed by atoms with Gasteiger partial charge in [-0.2, -0.15) is 11.8 Å². The largest absolute Gasteiger partial charge is 0.492 e. The van der Waals surface area contributed by atoms with Gasteiger partial charge in [-0.05, 0) is 49.1 Å². The van der Waals surface area contributed by atoms with Gasteiger partial charge in [-0.25, -0.2) is 13.1 Å². The molecule has 1 aromatic rings. The third kappa shape index (κ3) is 7.17. The number of nitrogens with one attached hydrogen (secondary N) is 1. The van der Waals surface area contributed by atoms with Crippen LogP contribution in [0, 0.1) is 0 Å². The predicted molar refractivity (Wildman–Crippen MR) is 88.4 cm³/mol. The number of ether oxygens (including phenoxy) is 1. The second-order valence-corrected chi connectivity index (χ2v) is 7.31. The lowest BCUT2D eigenvalue weighted by Crippen LogP contribution is -2.24. The summed E-state index contributed by atoms with van der Waals surface area (Å²) in [5.41, 5.74) is 5.34. The van der Waals surface area contributed by atoms with Gasteiger partial charge in [0.1, 0.15) is 12.4 Å². The Morgan fingerprint density at radius 3 is 2.52 bits per heavy atom. The highest BCUT2D eigenvalue weighted by molar-refractivity contribution is 7.98. The summed E-state index contributed by atoms with van der Waals surface area (Å²) in [5, 5.41) is 0. The van der Waals surface area contributed by atoms with E-state index in [1.807, 2.05) is 11.8 Å². The van der Waals surface area contributed by atoms with Crippen LogP contribution in [0.25, 0.3) is 0 Å². The van der Waals surface area contributed by atoms with Crippen molar-refractivity contribution in [3.8, 4) is 5.75 Å². The number of hydrogen-bond acceptors (Lipinski definition) is 5. The fraction of sp³-hybridized carbons (Fsp3) is 0.571. The summed E-state index contributed by atoms with van der Waals surface area (Å²) in [5.74, 6) is 1.74. The Morgan fingerprint density at radius 1 is 1.19 bits per heavy atom. The van der Waals surface area contributed by atoms with Crippen molar-refractivity contribution >= 4 is 21.8 Å². The van der Waals surface area contributed by atoms with E-state index in [1.165, 1.54) is 0 Å². The number of nitrogens with two attached hydrogens (primary N) is 1. The summed E-state index contributed by atoms with van der Waals surface area (Å²) in [4.78, 5) is 0.256. The molecule has 0 saturated carbocycles. The van der Waals surface area contributed by atoms with E-state index in [9.17, 15) is 8.42 Å². The van der Waals surface area contributed by atoms with Crippen LogP contribution in [0.5, 0.6) is 5.75 Å². The first-order chi connectivity index (χ1) is 10.1. The first-order valence-electron chi connectivity index (χ1n) is 7.01. The Kier molecular flexibility index (Phi) is 8.75. The van der Waals surface area contributed by atoms with Crippen molar-refractivity contribution in [1.82, 2.24) is 4.72 Å². The van der Waals surface area contributed by atoms with Gasteiger partial charge in [0.15, 0.2) is 0 Å². The zero-order valence-corrected chi connectivity index (χ0v) is 14.0. The molecule has 0 radical (unpaired) electrons. The molecule has 0 amide bonds. The number of unbranched alkanes of at least 4 members (excludes halogenated alkanes) is 2. The predicted octanol–water partition coefficient (Wildman–Crippen LogP) is 1.84. The zero-order chi connectivity index (χ0) is 15.6. The number of sulfonamides is 1. The SMILES string of the molecule is CSCCCCCNS(=O)(=O)c1ccc(OCCN)cc1. The lowest BCUT2D eigenvalue weighted by molar-refractivity contribution is 0.328. The van der Waals surface area contributed by atoms with Gasteiger partial charge in [0.05, 0.1) is 4.90 Å². The molecular formula is C14H24N2O3S2. The molecule has 0 fully saturated rings. The van der Waals surface area contributed by atoms with E-state index < -0.39 is 10.0 Å². The molecule has 0 aliphatic heterocycles. The van der Waals surface area contributed by atoms with Gasteiger partial charge in [-0.15, -0.1) is 0 Å². The molecule has 0 aromatic heterocycles. The second-order valence-electron chi connectivity index (χ2n) is 4.56. The molecule has 0 aliphatic carbocycles. The van der Waals surface area contributed by atoms with Crippen molar-refractivity contribution in [2.75, 3.05) is 31.7 Å². The molecule has 0 saturated heterocycles. The van der Waals surface area contributed by atoms with Crippen LogP contribution in [0.3, 0.4) is 0 Å². The van der Waals surface area contributed by atoms with Crippen molar-refractivity contribution in [3.63, 3.8) is 0 Å². The minimum atomic E-state index is -3.43. The average molecular weight is 332 g/mol. The molecule has 0 spiro atoms. The van der Waals surface area contributed by atoms with E-state index in [1.54, 1.807) is 24.3 Å². The summed E-state index contributed by atoms with van der Waals surface area (Å²) in [6.45, 7) is 1.32. The second kappa shape index (κ2) is 10.0. The van der Waals surface area contributed by atoms with E-state index >= 15 is 0 Å². The Morgan fingerprint density at radius 2 is 1.90 bits per heavy atom. The van der Waals surface area contributed by atoms with Crippen LogP contribution in [0.2, 0.25) is 0 Å². The van der Waals surface area contributed by atoms with Crippen LogP contribution in [0.1, 0.15) is 19.3 Å². The van der Waals surface area contributed by atoms with Crippen molar-refractivity contribution in [2.24, 2.45) is 5.73 Å². The van der Waals surface area contributed by atoms with E-state index in [0.717, 1.165) is 25.0 Å². The maximum absolute atomic E-state index is 12.1. The zero-order valence-electron chi connectivity index (χ0n) is 12.4. The Labute approximate surface area is 131 Å². The van der Waals surface area contributed by atoms with Crippen molar-refractivity contribution in [2.45, 2.75) is 24.2 Å². The van der Waals surface area contributed by atoms with E-state index in [2.05, 4.69) is 11.0 Å². The highest BCUT2D eigenvalue weighted by Crippen LogP contribution is 2.15. The molecule has 1 aromatic carbocycles. The third-order valence-corrected chi connectivity index (χ3v) is 5.01. The Bertz CT molecular complexity index is 489. The van der Waals surface area contributed by atoms with E-state index in [-0.39, 0.29) is 4.90 Å². The molecule has 7 heteroatoms. The molecular weight excluding hydrogens is 308 g/mol. The summed E-state index contributed by atoms with van der Waals surface area (Å²) in [6.07, 6.45) is 5.09. The molecule has 0 atom stereocenters. The van der Waals surface area contributed by atoms with Gasteiger partial charge < -0.3 is 10.5 Å². The first kappa shape index (κ1) is 18.3. The topological polar surface area (TPSA) is 81.4 Å². The number of rotatable bonds is 11. The van der Waals surface area contributed by atoms with Gasteiger partial charge in [0.2, 0.25) is 10.0 Å². The van der Waals surface area contributed by atoms with Crippen molar-refractivity contribution < 1.29 is 13.2 Å². The molecule has 1 rings (SSSR count). The van der Waals surface area contributed by atoms with E-state index in [0.29, 0.717) is 25.4 Å². The molecule has 120 valence electrons. The van der Waals surface area contributed by atoms with Crippen molar-refractivity contribution in [1.29, 1.82) is 0 Å². The monoisotopic (exact) mass is 332 g/mol. The highest BCUT2D eigenvalue weighted by Gasteiger charge is 2.12. The smallest absolute Gasteiger partial charge is 0.240 e. The van der Waals surface area contributed by atoms with Gasteiger partial charge in [0, 0.05) is 13.1 Å². The summed E-state index contributed by atoms with van der Waals surface area (Å²) < 4.78 is 32.1. The van der Waals surface area contributed by atoms with Gasteiger partial charge in [-0.3, -0.25) is 0 Å². The Balaban J connectivity index is 2.42. The molecule has 0 bridgehead atoms. The van der Waals surface area contributed by atoms with Crippen LogP contribution < -0.4 is 15.2 Å². The van der Waals surface area contributed by atoms with Gasteiger partial charge in [-0.1, -0.05) is 6.42 Å².